The van der Waals surface area contributed by atoms with E-state index >= 15 is 0 Å². The number of anilines is 1. The Labute approximate surface area is 142 Å². The minimum Gasteiger partial charge on any atom is -0.495 e. The smallest absolute Gasteiger partial charge is 0.193 e. The lowest BCUT2D eigenvalue weighted by molar-refractivity contribution is 0.417. The van der Waals surface area contributed by atoms with Crippen LogP contribution in [0.5, 0.6) is 5.75 Å². The summed E-state index contributed by atoms with van der Waals surface area (Å²) in [7, 11) is -1.42. The van der Waals surface area contributed by atoms with E-state index in [9.17, 15) is 8.42 Å². The molecular formula is C13H20IN3O3S. The SMILES string of the molecule is COc1ccccc1NC(N)=NCC1CCCS1(=O)=O.I. The van der Waals surface area contributed by atoms with E-state index in [0.29, 0.717) is 24.3 Å². The van der Waals surface area contributed by atoms with Gasteiger partial charge in [0.1, 0.15) is 5.75 Å². The van der Waals surface area contributed by atoms with Gasteiger partial charge in [0.25, 0.3) is 0 Å². The molecule has 1 aromatic rings. The van der Waals surface area contributed by atoms with Crippen LogP contribution in [0.4, 0.5) is 5.69 Å². The molecule has 1 fully saturated rings. The van der Waals surface area contributed by atoms with Crippen molar-refractivity contribution in [1.29, 1.82) is 0 Å². The Morgan fingerprint density at radius 3 is 2.81 bits per heavy atom. The van der Waals surface area contributed by atoms with E-state index < -0.39 is 15.1 Å². The van der Waals surface area contributed by atoms with Gasteiger partial charge < -0.3 is 15.8 Å². The molecule has 0 amide bonds. The first-order valence-electron chi connectivity index (χ1n) is 6.44. The Bertz CT molecular complexity index is 604. The van der Waals surface area contributed by atoms with Crippen molar-refractivity contribution < 1.29 is 13.2 Å². The molecule has 118 valence electrons. The van der Waals surface area contributed by atoms with Gasteiger partial charge in [-0.15, -0.1) is 24.0 Å². The third kappa shape index (κ3) is 4.73. The Morgan fingerprint density at radius 1 is 1.48 bits per heavy atom. The normalized spacial score (nSPS) is 20.6. The van der Waals surface area contributed by atoms with Crippen molar-refractivity contribution in [3.05, 3.63) is 24.3 Å². The molecule has 8 heteroatoms. The molecule has 3 N–H and O–H groups in total. The molecule has 0 bridgehead atoms. The number of nitrogens with two attached hydrogens (primary N) is 1. The van der Waals surface area contributed by atoms with Gasteiger partial charge in [-0.2, -0.15) is 0 Å². The van der Waals surface area contributed by atoms with Gasteiger partial charge in [-0.1, -0.05) is 12.1 Å². The number of sulfone groups is 1. The maximum absolute atomic E-state index is 11.7. The maximum atomic E-state index is 11.7. The summed E-state index contributed by atoms with van der Waals surface area (Å²) >= 11 is 0. The molecule has 0 aliphatic carbocycles. The first-order valence-corrected chi connectivity index (χ1v) is 8.16. The van der Waals surface area contributed by atoms with Crippen molar-refractivity contribution in [3.63, 3.8) is 0 Å². The lowest BCUT2D eigenvalue weighted by Crippen LogP contribution is -2.26. The highest BCUT2D eigenvalue weighted by molar-refractivity contribution is 14.0. The molecule has 1 aliphatic heterocycles. The fraction of sp³-hybridized carbons (Fsp3) is 0.462. The lowest BCUT2D eigenvalue weighted by Gasteiger charge is -2.11. The molecular weight excluding hydrogens is 405 g/mol. The summed E-state index contributed by atoms with van der Waals surface area (Å²) in [5.41, 5.74) is 6.48. The molecule has 1 saturated heterocycles. The van der Waals surface area contributed by atoms with Crippen LogP contribution in [-0.4, -0.2) is 39.0 Å². The zero-order valence-corrected chi connectivity index (χ0v) is 14.9. The number of halogens is 1. The van der Waals surface area contributed by atoms with Crippen molar-refractivity contribution in [1.82, 2.24) is 0 Å². The van der Waals surface area contributed by atoms with E-state index in [1.165, 1.54) is 0 Å². The first kappa shape index (κ1) is 18.0. The average Bonchev–Trinajstić information content (AvgIpc) is 2.76. The molecule has 0 aromatic heterocycles. The van der Waals surface area contributed by atoms with Crippen LogP contribution in [0.25, 0.3) is 0 Å². The molecule has 0 radical (unpaired) electrons. The van der Waals surface area contributed by atoms with Crippen LogP contribution in [0.2, 0.25) is 0 Å². The fourth-order valence-corrected chi connectivity index (χ4v) is 3.92. The van der Waals surface area contributed by atoms with E-state index in [-0.39, 0.29) is 42.2 Å². The molecule has 1 unspecified atom stereocenters. The zero-order valence-electron chi connectivity index (χ0n) is 11.8. The van der Waals surface area contributed by atoms with Gasteiger partial charge >= 0.3 is 0 Å². The monoisotopic (exact) mass is 425 g/mol. The van der Waals surface area contributed by atoms with Crippen LogP contribution in [0.1, 0.15) is 12.8 Å². The highest BCUT2D eigenvalue weighted by Crippen LogP contribution is 2.23. The molecule has 1 aromatic carbocycles. The molecule has 2 rings (SSSR count). The number of nitrogens with one attached hydrogen (secondary N) is 1. The van der Waals surface area contributed by atoms with Gasteiger partial charge in [0.15, 0.2) is 15.8 Å². The molecule has 6 nitrogen and oxygen atoms in total. The van der Waals surface area contributed by atoms with Crippen molar-refractivity contribution in [3.8, 4) is 5.75 Å². The van der Waals surface area contributed by atoms with E-state index in [2.05, 4.69) is 10.3 Å². The Morgan fingerprint density at radius 2 is 2.19 bits per heavy atom. The number of ether oxygens (including phenoxy) is 1. The molecule has 0 spiro atoms. The van der Waals surface area contributed by atoms with Crippen LogP contribution in [0.3, 0.4) is 0 Å². The van der Waals surface area contributed by atoms with Crippen molar-refractivity contribution in [2.75, 3.05) is 24.7 Å². The topological polar surface area (TPSA) is 93.8 Å². The Hall–Kier alpha value is -1.03. The number of guanidine groups is 1. The summed E-state index contributed by atoms with van der Waals surface area (Å²) < 4.78 is 28.6. The standard InChI is InChI=1S/C13H19N3O3S.HI/c1-19-12-7-3-2-6-11(12)16-13(14)15-9-10-5-4-8-20(10,17)18;/h2-3,6-7,10H,4-5,8-9H2,1H3,(H3,14,15,16);1H. The third-order valence-corrected chi connectivity index (χ3v) is 5.56. The van der Waals surface area contributed by atoms with E-state index in [4.69, 9.17) is 10.5 Å². The summed E-state index contributed by atoms with van der Waals surface area (Å²) in [4.78, 5) is 4.12. The van der Waals surface area contributed by atoms with E-state index in [1.54, 1.807) is 13.2 Å². The van der Waals surface area contributed by atoms with Gasteiger partial charge in [-0.05, 0) is 25.0 Å². The van der Waals surface area contributed by atoms with Gasteiger partial charge in [0.2, 0.25) is 0 Å². The number of benzene rings is 1. The number of methoxy groups -OCH3 is 1. The predicted octanol–water partition coefficient (Wildman–Crippen LogP) is 1.62. The van der Waals surface area contributed by atoms with Crippen LogP contribution < -0.4 is 15.8 Å². The fourth-order valence-electron chi connectivity index (χ4n) is 2.19. The maximum Gasteiger partial charge on any atom is 0.193 e. The van der Waals surface area contributed by atoms with E-state index in [1.807, 2.05) is 18.2 Å². The quantitative estimate of drug-likeness (QED) is 0.435. The van der Waals surface area contributed by atoms with Crippen molar-refractivity contribution in [2.24, 2.45) is 10.7 Å². The largest absolute Gasteiger partial charge is 0.495 e. The van der Waals surface area contributed by atoms with Gasteiger partial charge in [0, 0.05) is 0 Å². The highest BCUT2D eigenvalue weighted by Gasteiger charge is 2.30. The second-order valence-corrected chi connectivity index (χ2v) is 7.08. The third-order valence-electron chi connectivity index (χ3n) is 3.30. The van der Waals surface area contributed by atoms with Crippen molar-refractivity contribution in [2.45, 2.75) is 18.1 Å². The average molecular weight is 425 g/mol. The number of hydrogen-bond acceptors (Lipinski definition) is 4. The number of rotatable bonds is 4. The lowest BCUT2D eigenvalue weighted by atomic mass is 10.2. The summed E-state index contributed by atoms with van der Waals surface area (Å²) in [6.45, 7) is 0.205. The van der Waals surface area contributed by atoms with Gasteiger partial charge in [-0.3, -0.25) is 4.99 Å². The predicted molar refractivity (Wildman–Crippen MR) is 95.3 cm³/mol. The van der Waals surface area contributed by atoms with E-state index in [0.717, 1.165) is 0 Å². The molecule has 0 saturated carbocycles. The second kappa shape index (κ2) is 7.83. The zero-order chi connectivity index (χ0) is 14.6. The first-order chi connectivity index (χ1) is 9.53. The van der Waals surface area contributed by atoms with Gasteiger partial charge in [0.05, 0.1) is 30.3 Å². The number of hydrogen-bond donors (Lipinski definition) is 2. The van der Waals surface area contributed by atoms with Crippen LogP contribution in [0, 0.1) is 0 Å². The number of aliphatic imine (C=N–C) groups is 1. The Kier molecular flexibility index (Phi) is 6.72. The summed E-state index contributed by atoms with van der Waals surface area (Å²) in [5, 5.41) is 2.52. The van der Waals surface area contributed by atoms with Crippen LogP contribution in [0.15, 0.2) is 29.3 Å². The minimum absolute atomic E-state index is 0. The summed E-state index contributed by atoms with van der Waals surface area (Å²) in [5.74, 6) is 1.10. The Balaban J connectivity index is 0.00000220. The number of nitrogens with zero attached hydrogens (tertiary/aromatic N) is 1. The minimum atomic E-state index is -2.98. The molecule has 21 heavy (non-hydrogen) atoms. The highest BCUT2D eigenvalue weighted by atomic mass is 127. The van der Waals surface area contributed by atoms with Crippen LogP contribution in [-0.2, 0) is 9.84 Å². The second-order valence-electron chi connectivity index (χ2n) is 4.68. The van der Waals surface area contributed by atoms with Gasteiger partial charge in [-0.25, -0.2) is 8.42 Å². The summed E-state index contributed by atoms with van der Waals surface area (Å²) in [6.07, 6.45) is 1.37. The molecule has 1 atom stereocenters. The summed E-state index contributed by atoms with van der Waals surface area (Å²) in [6, 6.07) is 7.31. The number of para-hydroxylation sites is 2. The van der Waals surface area contributed by atoms with Crippen LogP contribution >= 0.6 is 24.0 Å². The van der Waals surface area contributed by atoms with Crippen molar-refractivity contribution >= 4 is 45.5 Å². The molecule has 1 aliphatic rings. The molecule has 1 heterocycles.